The summed E-state index contributed by atoms with van der Waals surface area (Å²) >= 11 is 6.52. The van der Waals surface area contributed by atoms with Crippen LogP contribution in [0.1, 0.15) is 0 Å². The lowest BCUT2D eigenvalue weighted by Crippen LogP contribution is -2.16. The Balaban J connectivity index is 2.34. The summed E-state index contributed by atoms with van der Waals surface area (Å²) in [5, 5.41) is 18.2. The van der Waals surface area contributed by atoms with Gasteiger partial charge in [-0.25, -0.2) is 0 Å². The number of hydrogen-bond acceptors (Lipinski definition) is 5. The first-order valence-corrected chi connectivity index (χ1v) is 5.70. The highest BCUT2D eigenvalue weighted by molar-refractivity contribution is 8.00. The largest absolute Gasteiger partial charge is 0.481 e. The number of nitrogens with zero attached hydrogens (tertiary/aromatic N) is 2. The molecule has 8 heteroatoms. The van der Waals surface area contributed by atoms with Gasteiger partial charge in [0.15, 0.2) is 11.0 Å². The van der Waals surface area contributed by atoms with Crippen LogP contribution < -0.4 is 5.32 Å². The molecule has 0 aliphatic heterocycles. The van der Waals surface area contributed by atoms with E-state index in [9.17, 15) is 9.59 Å². The fourth-order valence-corrected chi connectivity index (χ4v) is 1.43. The molecule has 0 radical (unpaired) electrons. The maximum atomic E-state index is 11.3. The van der Waals surface area contributed by atoms with Gasteiger partial charge in [0.2, 0.25) is 5.91 Å². The molecule has 86 valence electrons. The second-order valence-electron chi connectivity index (χ2n) is 2.68. The second-order valence-corrected chi connectivity index (χ2v) is 4.05. The molecule has 0 unspecified atom stereocenters. The number of carboxylic acids is 1. The summed E-state index contributed by atoms with van der Waals surface area (Å²) in [6.45, 7) is 0. The Bertz CT molecular complexity index is 385. The molecule has 0 atom stereocenters. The zero-order valence-electron chi connectivity index (χ0n) is 8.01. The SMILES string of the molecule is O=C(O)CSCC(=O)Nc1ccc(Cl)nn1. The predicted molar refractivity (Wildman–Crippen MR) is 60.6 cm³/mol. The number of nitrogens with one attached hydrogen (secondary N) is 1. The average Bonchev–Trinajstić information content (AvgIpc) is 2.21. The van der Waals surface area contributed by atoms with E-state index in [0.29, 0.717) is 0 Å². The molecule has 0 aromatic carbocycles. The summed E-state index contributed by atoms with van der Waals surface area (Å²) in [6, 6.07) is 3.00. The molecular formula is C8H8ClN3O3S. The van der Waals surface area contributed by atoms with E-state index in [1.807, 2.05) is 0 Å². The van der Waals surface area contributed by atoms with Crippen LogP contribution in [0.2, 0.25) is 5.15 Å². The minimum absolute atomic E-state index is 0.0522. The summed E-state index contributed by atoms with van der Waals surface area (Å²) < 4.78 is 0. The highest BCUT2D eigenvalue weighted by atomic mass is 35.5. The van der Waals surface area contributed by atoms with E-state index in [0.717, 1.165) is 11.8 Å². The maximum absolute atomic E-state index is 11.3. The molecule has 0 saturated carbocycles. The van der Waals surface area contributed by atoms with E-state index in [4.69, 9.17) is 16.7 Å². The van der Waals surface area contributed by atoms with Gasteiger partial charge in [0.05, 0.1) is 11.5 Å². The van der Waals surface area contributed by atoms with E-state index in [1.54, 1.807) is 0 Å². The molecule has 1 aromatic heterocycles. The zero-order chi connectivity index (χ0) is 12.0. The molecular weight excluding hydrogens is 254 g/mol. The Kier molecular flexibility index (Phi) is 5.00. The van der Waals surface area contributed by atoms with Crippen LogP contribution in [0, 0.1) is 0 Å². The predicted octanol–water partition coefficient (Wildman–Crippen LogP) is 0.886. The van der Waals surface area contributed by atoms with Gasteiger partial charge in [-0.3, -0.25) is 9.59 Å². The van der Waals surface area contributed by atoms with E-state index in [-0.39, 0.29) is 28.4 Å². The third kappa shape index (κ3) is 4.94. The highest BCUT2D eigenvalue weighted by Gasteiger charge is 2.05. The van der Waals surface area contributed by atoms with E-state index in [2.05, 4.69) is 15.5 Å². The summed E-state index contributed by atoms with van der Waals surface area (Å²) in [5.41, 5.74) is 0. The van der Waals surface area contributed by atoms with Gasteiger partial charge in [0.1, 0.15) is 0 Å². The number of carbonyl (C=O) groups excluding carboxylic acids is 1. The first-order valence-electron chi connectivity index (χ1n) is 4.16. The van der Waals surface area contributed by atoms with Crippen molar-refractivity contribution in [3.05, 3.63) is 17.3 Å². The molecule has 16 heavy (non-hydrogen) atoms. The van der Waals surface area contributed by atoms with Crippen LogP contribution in [0.3, 0.4) is 0 Å². The van der Waals surface area contributed by atoms with Gasteiger partial charge in [-0.2, -0.15) is 0 Å². The van der Waals surface area contributed by atoms with Crippen LogP contribution in [0.15, 0.2) is 12.1 Å². The third-order valence-corrected chi connectivity index (χ3v) is 2.48. The van der Waals surface area contributed by atoms with Gasteiger partial charge in [-0.05, 0) is 12.1 Å². The van der Waals surface area contributed by atoms with Crippen molar-refractivity contribution in [2.75, 3.05) is 16.8 Å². The summed E-state index contributed by atoms with van der Waals surface area (Å²) in [6.07, 6.45) is 0. The van der Waals surface area contributed by atoms with Crippen LogP contribution in [-0.2, 0) is 9.59 Å². The van der Waals surface area contributed by atoms with Crippen molar-refractivity contribution in [1.82, 2.24) is 10.2 Å². The number of amides is 1. The molecule has 0 spiro atoms. The van der Waals surface area contributed by atoms with Gasteiger partial charge in [-0.1, -0.05) is 11.6 Å². The molecule has 2 N–H and O–H groups in total. The molecule has 0 aliphatic rings. The Morgan fingerprint density at radius 3 is 2.69 bits per heavy atom. The van der Waals surface area contributed by atoms with Gasteiger partial charge in [-0.15, -0.1) is 22.0 Å². The summed E-state index contributed by atoms with van der Waals surface area (Å²) in [5.74, 6) is -1.06. The molecule has 0 aliphatic carbocycles. The summed E-state index contributed by atoms with van der Waals surface area (Å²) in [7, 11) is 0. The number of anilines is 1. The maximum Gasteiger partial charge on any atom is 0.313 e. The Hall–Kier alpha value is -1.34. The van der Waals surface area contributed by atoms with Gasteiger partial charge in [0, 0.05) is 0 Å². The number of hydrogen-bond donors (Lipinski definition) is 2. The van der Waals surface area contributed by atoms with Crippen LogP contribution in [0.5, 0.6) is 0 Å². The Labute approximate surface area is 100 Å². The summed E-state index contributed by atoms with van der Waals surface area (Å²) in [4.78, 5) is 21.4. The molecule has 6 nitrogen and oxygen atoms in total. The van der Waals surface area contributed by atoms with Gasteiger partial charge >= 0.3 is 5.97 Å². The molecule has 1 heterocycles. The first kappa shape index (κ1) is 12.7. The van der Waals surface area contributed by atoms with Crippen molar-refractivity contribution in [2.24, 2.45) is 0 Å². The lowest BCUT2D eigenvalue weighted by molar-refractivity contribution is -0.133. The fraction of sp³-hybridized carbons (Fsp3) is 0.250. The topological polar surface area (TPSA) is 92.2 Å². The number of aromatic nitrogens is 2. The smallest absolute Gasteiger partial charge is 0.313 e. The Morgan fingerprint density at radius 2 is 2.12 bits per heavy atom. The number of thioether (sulfide) groups is 1. The Morgan fingerprint density at radius 1 is 1.38 bits per heavy atom. The van der Waals surface area contributed by atoms with E-state index >= 15 is 0 Å². The highest BCUT2D eigenvalue weighted by Crippen LogP contribution is 2.07. The monoisotopic (exact) mass is 261 g/mol. The minimum atomic E-state index is -0.955. The number of carbonyl (C=O) groups is 2. The molecule has 1 amide bonds. The van der Waals surface area contributed by atoms with Gasteiger partial charge < -0.3 is 10.4 Å². The van der Waals surface area contributed by atoms with Crippen molar-refractivity contribution in [1.29, 1.82) is 0 Å². The molecule has 1 rings (SSSR count). The van der Waals surface area contributed by atoms with Crippen LogP contribution in [-0.4, -0.2) is 38.7 Å². The minimum Gasteiger partial charge on any atom is -0.481 e. The van der Waals surface area contributed by atoms with Crippen molar-refractivity contribution in [3.8, 4) is 0 Å². The lowest BCUT2D eigenvalue weighted by Gasteiger charge is -2.02. The number of aliphatic carboxylic acids is 1. The number of halogens is 1. The average molecular weight is 262 g/mol. The quantitative estimate of drug-likeness (QED) is 0.818. The molecule has 0 saturated heterocycles. The van der Waals surface area contributed by atoms with Crippen molar-refractivity contribution in [3.63, 3.8) is 0 Å². The fourth-order valence-electron chi connectivity index (χ4n) is 0.793. The van der Waals surface area contributed by atoms with Crippen molar-refractivity contribution < 1.29 is 14.7 Å². The molecule has 0 fully saturated rings. The van der Waals surface area contributed by atoms with Crippen LogP contribution in [0.4, 0.5) is 5.82 Å². The molecule has 1 aromatic rings. The normalized spacial score (nSPS) is 9.81. The van der Waals surface area contributed by atoms with Crippen LogP contribution in [0.25, 0.3) is 0 Å². The number of carboxylic acid groups (broad SMARTS) is 1. The van der Waals surface area contributed by atoms with E-state index in [1.165, 1.54) is 12.1 Å². The van der Waals surface area contributed by atoms with Gasteiger partial charge in [0.25, 0.3) is 0 Å². The van der Waals surface area contributed by atoms with Crippen LogP contribution >= 0.6 is 23.4 Å². The lowest BCUT2D eigenvalue weighted by atomic mass is 10.5. The second kappa shape index (κ2) is 6.29. The van der Waals surface area contributed by atoms with E-state index < -0.39 is 5.97 Å². The van der Waals surface area contributed by atoms with Crippen molar-refractivity contribution >= 4 is 41.1 Å². The third-order valence-electron chi connectivity index (χ3n) is 1.36. The number of rotatable bonds is 5. The zero-order valence-corrected chi connectivity index (χ0v) is 9.59. The van der Waals surface area contributed by atoms with Crippen molar-refractivity contribution in [2.45, 2.75) is 0 Å². The first-order chi connectivity index (χ1) is 7.58. The molecule has 0 bridgehead atoms. The standard InChI is InChI=1S/C8H8ClN3O3S/c9-5-1-2-6(12-11-5)10-7(13)3-16-4-8(14)15/h1-2H,3-4H2,(H,14,15)(H,10,12,13).